The zero-order valence-electron chi connectivity index (χ0n) is 15.2. The Labute approximate surface area is 171 Å². The van der Waals surface area contributed by atoms with Crippen LogP contribution in [0.3, 0.4) is 0 Å². The van der Waals surface area contributed by atoms with Gasteiger partial charge in [-0.3, -0.25) is 9.52 Å². The lowest BCUT2D eigenvalue weighted by Gasteiger charge is -2.10. The summed E-state index contributed by atoms with van der Waals surface area (Å²) in [6, 6.07) is 9.24. The van der Waals surface area contributed by atoms with Crippen LogP contribution in [0.5, 0.6) is 5.75 Å². The van der Waals surface area contributed by atoms with Crippen LogP contribution in [0.1, 0.15) is 19.8 Å². The zero-order valence-corrected chi connectivity index (χ0v) is 17.5. The molecule has 0 aliphatic heterocycles. The molecule has 7 nitrogen and oxygen atoms in total. The fourth-order valence-electron chi connectivity index (χ4n) is 2.48. The Balaban J connectivity index is 1.83. The molecule has 0 radical (unpaired) electrons. The van der Waals surface area contributed by atoms with Crippen LogP contribution in [-0.4, -0.2) is 26.4 Å². The number of ether oxygens (including phenoxy) is 1. The van der Waals surface area contributed by atoms with E-state index in [1.165, 1.54) is 36.6 Å². The number of fused-ring (bicyclic) bond motifs is 1. The van der Waals surface area contributed by atoms with Crippen LogP contribution in [0.25, 0.3) is 10.2 Å². The number of thiazole rings is 1. The van der Waals surface area contributed by atoms with E-state index in [1.807, 2.05) is 6.92 Å². The molecule has 1 heterocycles. The number of aromatic nitrogens is 1. The molecule has 0 atom stereocenters. The van der Waals surface area contributed by atoms with E-state index in [1.54, 1.807) is 18.2 Å². The van der Waals surface area contributed by atoms with E-state index in [9.17, 15) is 13.2 Å². The van der Waals surface area contributed by atoms with Crippen molar-refractivity contribution >= 4 is 59.9 Å². The minimum atomic E-state index is -3.83. The number of hydrogen-bond donors (Lipinski definition) is 2. The SMILES string of the molecule is CCCC(=O)Nc1nc2cc(NS(=O)(=O)c3ccc(OC)c(Cl)c3)ccc2s1. The topological polar surface area (TPSA) is 97.4 Å². The quantitative estimate of drug-likeness (QED) is 0.565. The molecule has 0 fully saturated rings. The Morgan fingerprint density at radius 1 is 1.25 bits per heavy atom. The van der Waals surface area contributed by atoms with Crippen LogP contribution < -0.4 is 14.8 Å². The second-order valence-corrected chi connectivity index (χ2v) is 9.02. The van der Waals surface area contributed by atoms with Gasteiger partial charge in [-0.1, -0.05) is 29.9 Å². The van der Waals surface area contributed by atoms with Crippen molar-refractivity contribution in [3.63, 3.8) is 0 Å². The highest BCUT2D eigenvalue weighted by Crippen LogP contribution is 2.30. The number of nitrogens with zero attached hydrogens (tertiary/aromatic N) is 1. The molecule has 0 aliphatic carbocycles. The smallest absolute Gasteiger partial charge is 0.261 e. The highest BCUT2D eigenvalue weighted by molar-refractivity contribution is 7.92. The number of nitrogens with one attached hydrogen (secondary N) is 2. The first-order valence-electron chi connectivity index (χ1n) is 8.39. The number of amides is 1. The van der Waals surface area contributed by atoms with Gasteiger partial charge in [0, 0.05) is 6.42 Å². The Morgan fingerprint density at radius 3 is 2.71 bits per heavy atom. The summed E-state index contributed by atoms with van der Waals surface area (Å²) in [4.78, 5) is 16.1. The molecule has 0 unspecified atom stereocenters. The Morgan fingerprint density at radius 2 is 2.04 bits per heavy atom. The number of halogens is 1. The van der Waals surface area contributed by atoms with Crippen molar-refractivity contribution in [3.05, 3.63) is 41.4 Å². The Hall–Kier alpha value is -2.36. The highest BCUT2D eigenvalue weighted by atomic mass is 35.5. The maximum absolute atomic E-state index is 12.6. The van der Waals surface area contributed by atoms with Crippen LogP contribution in [0.2, 0.25) is 5.02 Å². The van der Waals surface area contributed by atoms with Crippen molar-refractivity contribution in [3.8, 4) is 5.75 Å². The first-order chi connectivity index (χ1) is 13.3. The monoisotopic (exact) mass is 439 g/mol. The predicted molar refractivity (Wildman–Crippen MR) is 112 cm³/mol. The molecule has 2 aromatic carbocycles. The molecule has 1 aromatic heterocycles. The molecule has 3 rings (SSSR count). The molecule has 28 heavy (non-hydrogen) atoms. The number of hydrogen-bond acceptors (Lipinski definition) is 6. The number of benzene rings is 2. The van der Waals surface area contributed by atoms with Gasteiger partial charge in [-0.05, 0) is 42.8 Å². The molecule has 3 aromatic rings. The number of anilines is 2. The number of rotatable bonds is 7. The van der Waals surface area contributed by atoms with Gasteiger partial charge in [0.2, 0.25) is 5.91 Å². The van der Waals surface area contributed by atoms with Crippen molar-refractivity contribution in [2.24, 2.45) is 0 Å². The first kappa shape index (κ1) is 20.4. The van der Waals surface area contributed by atoms with Gasteiger partial charge < -0.3 is 10.1 Å². The molecule has 148 valence electrons. The van der Waals surface area contributed by atoms with Gasteiger partial charge in [0.25, 0.3) is 10.0 Å². The van der Waals surface area contributed by atoms with Crippen molar-refractivity contribution in [1.29, 1.82) is 0 Å². The van der Waals surface area contributed by atoms with Crippen LogP contribution in [0, 0.1) is 0 Å². The van der Waals surface area contributed by atoms with Crippen LogP contribution in [0.4, 0.5) is 10.8 Å². The number of sulfonamides is 1. The summed E-state index contributed by atoms with van der Waals surface area (Å²) >= 11 is 7.35. The molecular formula is C18H18ClN3O4S2. The van der Waals surface area contributed by atoms with E-state index in [0.29, 0.717) is 28.5 Å². The fourth-order valence-corrected chi connectivity index (χ4v) is 4.74. The minimum absolute atomic E-state index is 0.0178. The summed E-state index contributed by atoms with van der Waals surface area (Å²) in [5, 5.41) is 3.43. The molecule has 0 aliphatic rings. The van der Waals surface area contributed by atoms with Crippen molar-refractivity contribution in [2.45, 2.75) is 24.7 Å². The third-order valence-corrected chi connectivity index (χ3v) is 6.42. The van der Waals surface area contributed by atoms with Gasteiger partial charge in [0.05, 0.1) is 32.9 Å². The lowest BCUT2D eigenvalue weighted by atomic mass is 10.3. The van der Waals surface area contributed by atoms with Crippen LogP contribution in [0.15, 0.2) is 41.3 Å². The second kappa shape index (κ2) is 8.34. The maximum Gasteiger partial charge on any atom is 0.261 e. The third kappa shape index (κ3) is 4.54. The Bertz CT molecular complexity index is 1130. The van der Waals surface area contributed by atoms with Crippen molar-refractivity contribution in [2.75, 3.05) is 17.1 Å². The summed E-state index contributed by atoms with van der Waals surface area (Å²) in [6.07, 6.45) is 1.17. The van der Waals surface area contributed by atoms with Crippen LogP contribution in [-0.2, 0) is 14.8 Å². The number of carbonyl (C=O) groups excluding carboxylic acids is 1. The van der Waals surface area contributed by atoms with E-state index in [-0.39, 0.29) is 15.8 Å². The van der Waals surface area contributed by atoms with E-state index in [0.717, 1.165) is 11.1 Å². The fraction of sp³-hybridized carbons (Fsp3) is 0.222. The van der Waals surface area contributed by atoms with Gasteiger partial charge in [0.1, 0.15) is 5.75 Å². The van der Waals surface area contributed by atoms with Gasteiger partial charge in [0.15, 0.2) is 5.13 Å². The highest BCUT2D eigenvalue weighted by Gasteiger charge is 2.17. The minimum Gasteiger partial charge on any atom is -0.495 e. The lowest BCUT2D eigenvalue weighted by Crippen LogP contribution is -2.13. The predicted octanol–water partition coefficient (Wildman–Crippen LogP) is 4.50. The lowest BCUT2D eigenvalue weighted by molar-refractivity contribution is -0.116. The van der Waals surface area contributed by atoms with E-state index >= 15 is 0 Å². The standard InChI is InChI=1S/C18H18ClN3O4S2/c1-3-4-17(23)21-18-20-14-9-11(5-8-16(14)27-18)22-28(24,25)12-6-7-15(26-2)13(19)10-12/h5-10,22H,3-4H2,1-2H3,(H,20,21,23). The molecule has 0 saturated carbocycles. The molecule has 0 saturated heterocycles. The summed E-state index contributed by atoms with van der Waals surface area (Å²) in [6.45, 7) is 1.92. The first-order valence-corrected chi connectivity index (χ1v) is 11.1. The average molecular weight is 440 g/mol. The largest absolute Gasteiger partial charge is 0.495 e. The molecule has 0 spiro atoms. The summed E-state index contributed by atoms with van der Waals surface area (Å²) in [5.41, 5.74) is 0.945. The van der Waals surface area contributed by atoms with Gasteiger partial charge in [-0.25, -0.2) is 13.4 Å². The van der Waals surface area contributed by atoms with Crippen molar-refractivity contribution in [1.82, 2.24) is 4.98 Å². The molecule has 2 N–H and O–H groups in total. The summed E-state index contributed by atoms with van der Waals surface area (Å²) < 4.78 is 33.6. The summed E-state index contributed by atoms with van der Waals surface area (Å²) in [5.74, 6) is 0.293. The Kier molecular flexibility index (Phi) is 6.07. The van der Waals surface area contributed by atoms with Gasteiger partial charge in [-0.2, -0.15) is 0 Å². The molecule has 1 amide bonds. The van der Waals surface area contributed by atoms with Crippen LogP contribution >= 0.6 is 22.9 Å². The average Bonchev–Trinajstić information content (AvgIpc) is 3.02. The van der Waals surface area contributed by atoms with E-state index in [2.05, 4.69) is 15.0 Å². The second-order valence-electron chi connectivity index (χ2n) is 5.90. The maximum atomic E-state index is 12.6. The number of carbonyl (C=O) groups is 1. The molecule has 0 bridgehead atoms. The molecular weight excluding hydrogens is 422 g/mol. The molecule has 10 heteroatoms. The number of methoxy groups -OCH3 is 1. The van der Waals surface area contributed by atoms with Gasteiger partial charge >= 0.3 is 0 Å². The summed E-state index contributed by atoms with van der Waals surface area (Å²) in [7, 11) is -2.38. The normalized spacial score (nSPS) is 11.4. The zero-order chi connectivity index (χ0) is 20.3. The van der Waals surface area contributed by atoms with Gasteiger partial charge in [-0.15, -0.1) is 0 Å². The third-order valence-electron chi connectivity index (χ3n) is 3.80. The van der Waals surface area contributed by atoms with E-state index in [4.69, 9.17) is 16.3 Å². The van der Waals surface area contributed by atoms with E-state index < -0.39 is 10.0 Å². The van der Waals surface area contributed by atoms with Crippen molar-refractivity contribution < 1.29 is 17.9 Å².